The summed E-state index contributed by atoms with van der Waals surface area (Å²) < 4.78 is 5.16. The van der Waals surface area contributed by atoms with Crippen molar-refractivity contribution < 1.29 is 9.53 Å². The summed E-state index contributed by atoms with van der Waals surface area (Å²) in [5.41, 5.74) is 7.16. The predicted molar refractivity (Wildman–Crippen MR) is 87.5 cm³/mol. The third-order valence-electron chi connectivity index (χ3n) is 3.73. The molecular weight excluding hydrogens is 284 g/mol. The van der Waals surface area contributed by atoms with Crippen LogP contribution in [0.5, 0.6) is 5.75 Å². The minimum absolute atomic E-state index is 0.0855. The van der Waals surface area contributed by atoms with E-state index in [1.165, 1.54) is 0 Å². The van der Waals surface area contributed by atoms with E-state index in [1.807, 2.05) is 35.4 Å². The first-order valence-corrected chi connectivity index (χ1v) is 8.73. The molecule has 1 saturated carbocycles. The maximum Gasteiger partial charge on any atom is 0.240 e. The van der Waals surface area contributed by atoms with Crippen molar-refractivity contribution in [3.8, 4) is 5.75 Å². The SMILES string of the molecule is COc1ccc(CN(C(=O)[C@H](N)CCSC)C2CC2)cc1. The van der Waals surface area contributed by atoms with E-state index in [2.05, 4.69) is 0 Å². The minimum Gasteiger partial charge on any atom is -0.497 e. The van der Waals surface area contributed by atoms with Gasteiger partial charge in [-0.05, 0) is 49.0 Å². The topological polar surface area (TPSA) is 55.6 Å². The fourth-order valence-electron chi connectivity index (χ4n) is 2.28. The maximum absolute atomic E-state index is 12.5. The van der Waals surface area contributed by atoms with Crippen molar-refractivity contribution in [2.24, 2.45) is 5.73 Å². The first kappa shape index (κ1) is 16.2. The Morgan fingerprint density at radius 2 is 2.10 bits per heavy atom. The number of carbonyl (C=O) groups excluding carboxylic acids is 1. The molecule has 1 aliphatic carbocycles. The minimum atomic E-state index is -0.378. The van der Waals surface area contributed by atoms with Crippen LogP contribution in [-0.4, -0.2) is 42.0 Å². The van der Waals surface area contributed by atoms with Crippen molar-refractivity contribution in [1.29, 1.82) is 0 Å². The Bertz CT molecular complexity index is 460. The van der Waals surface area contributed by atoms with E-state index in [9.17, 15) is 4.79 Å². The van der Waals surface area contributed by atoms with Gasteiger partial charge in [0.2, 0.25) is 5.91 Å². The van der Waals surface area contributed by atoms with Gasteiger partial charge in [-0.25, -0.2) is 0 Å². The predicted octanol–water partition coefficient (Wildman–Crippen LogP) is 2.27. The lowest BCUT2D eigenvalue weighted by Crippen LogP contribution is -2.44. The average Bonchev–Trinajstić information content (AvgIpc) is 3.34. The van der Waals surface area contributed by atoms with Crippen LogP contribution in [0.15, 0.2) is 24.3 Å². The maximum atomic E-state index is 12.5. The molecule has 2 N–H and O–H groups in total. The zero-order valence-electron chi connectivity index (χ0n) is 12.7. The van der Waals surface area contributed by atoms with Gasteiger partial charge in [0.05, 0.1) is 13.2 Å². The molecule has 2 rings (SSSR count). The number of thioether (sulfide) groups is 1. The molecule has 1 fully saturated rings. The van der Waals surface area contributed by atoms with Gasteiger partial charge < -0.3 is 15.4 Å². The Balaban J connectivity index is 1.99. The summed E-state index contributed by atoms with van der Waals surface area (Å²) in [4.78, 5) is 14.5. The molecule has 1 aromatic carbocycles. The molecule has 0 aromatic heterocycles. The first-order valence-electron chi connectivity index (χ1n) is 7.33. The van der Waals surface area contributed by atoms with E-state index in [1.54, 1.807) is 18.9 Å². The standard InChI is InChI=1S/C16H24N2O2S/c1-20-14-7-3-12(4-8-14)11-18(13-5-6-13)16(19)15(17)9-10-21-2/h3-4,7-8,13,15H,5-6,9-11,17H2,1-2H3/t15-/m1/s1. The van der Waals surface area contributed by atoms with E-state index in [0.29, 0.717) is 12.6 Å². The quantitative estimate of drug-likeness (QED) is 0.800. The van der Waals surface area contributed by atoms with Gasteiger partial charge in [0.15, 0.2) is 0 Å². The summed E-state index contributed by atoms with van der Waals surface area (Å²) in [6.45, 7) is 0.639. The normalized spacial score (nSPS) is 15.6. The number of benzene rings is 1. The summed E-state index contributed by atoms with van der Waals surface area (Å²) in [6.07, 6.45) is 4.97. The van der Waals surface area contributed by atoms with Gasteiger partial charge in [-0.3, -0.25) is 4.79 Å². The number of carbonyl (C=O) groups is 1. The van der Waals surface area contributed by atoms with E-state index < -0.39 is 0 Å². The van der Waals surface area contributed by atoms with E-state index in [-0.39, 0.29) is 11.9 Å². The number of ether oxygens (including phenoxy) is 1. The fourth-order valence-corrected chi connectivity index (χ4v) is 2.77. The van der Waals surface area contributed by atoms with Crippen LogP contribution in [-0.2, 0) is 11.3 Å². The second-order valence-corrected chi connectivity index (χ2v) is 6.42. The summed E-state index contributed by atoms with van der Waals surface area (Å²) in [5.74, 6) is 1.84. The molecule has 0 radical (unpaired) electrons. The van der Waals surface area contributed by atoms with Crippen molar-refractivity contribution in [3.63, 3.8) is 0 Å². The molecule has 1 amide bonds. The van der Waals surface area contributed by atoms with Crippen molar-refractivity contribution in [2.75, 3.05) is 19.1 Å². The van der Waals surface area contributed by atoms with Gasteiger partial charge in [-0.1, -0.05) is 12.1 Å². The van der Waals surface area contributed by atoms with Crippen molar-refractivity contribution in [1.82, 2.24) is 4.90 Å². The highest BCUT2D eigenvalue weighted by molar-refractivity contribution is 7.98. The molecule has 1 aliphatic rings. The molecule has 1 aromatic rings. The highest BCUT2D eigenvalue weighted by atomic mass is 32.2. The van der Waals surface area contributed by atoms with Crippen LogP contribution < -0.4 is 10.5 Å². The zero-order chi connectivity index (χ0) is 15.2. The van der Waals surface area contributed by atoms with E-state index in [0.717, 1.165) is 36.3 Å². The Kier molecular flexibility index (Phi) is 5.94. The first-order chi connectivity index (χ1) is 10.2. The van der Waals surface area contributed by atoms with Crippen LogP contribution in [0.4, 0.5) is 0 Å². The number of methoxy groups -OCH3 is 1. The summed E-state index contributed by atoms with van der Waals surface area (Å²) in [6, 6.07) is 7.87. The summed E-state index contributed by atoms with van der Waals surface area (Å²) >= 11 is 1.73. The van der Waals surface area contributed by atoms with E-state index in [4.69, 9.17) is 10.5 Å². The molecule has 0 aliphatic heterocycles. The number of nitrogens with two attached hydrogens (primary N) is 1. The Morgan fingerprint density at radius 3 is 2.62 bits per heavy atom. The van der Waals surface area contributed by atoms with Crippen LogP contribution in [0, 0.1) is 0 Å². The number of nitrogens with zero attached hydrogens (tertiary/aromatic N) is 1. The molecule has 21 heavy (non-hydrogen) atoms. The lowest BCUT2D eigenvalue weighted by atomic mass is 10.1. The Morgan fingerprint density at radius 1 is 1.43 bits per heavy atom. The molecule has 1 atom stereocenters. The lowest BCUT2D eigenvalue weighted by Gasteiger charge is -2.26. The van der Waals surface area contributed by atoms with Gasteiger partial charge in [0, 0.05) is 12.6 Å². The van der Waals surface area contributed by atoms with Crippen LogP contribution in [0.3, 0.4) is 0 Å². The highest BCUT2D eigenvalue weighted by Crippen LogP contribution is 2.29. The Labute approximate surface area is 131 Å². The molecule has 0 heterocycles. The number of hydrogen-bond donors (Lipinski definition) is 1. The molecule has 5 heteroatoms. The van der Waals surface area contributed by atoms with Crippen molar-refractivity contribution in [3.05, 3.63) is 29.8 Å². The third-order valence-corrected chi connectivity index (χ3v) is 4.38. The molecule has 0 saturated heterocycles. The molecule has 0 bridgehead atoms. The molecule has 4 nitrogen and oxygen atoms in total. The van der Waals surface area contributed by atoms with Gasteiger partial charge in [0.25, 0.3) is 0 Å². The number of rotatable bonds is 8. The highest BCUT2D eigenvalue weighted by Gasteiger charge is 2.34. The van der Waals surface area contributed by atoms with Crippen LogP contribution in [0.25, 0.3) is 0 Å². The molecule has 116 valence electrons. The second-order valence-electron chi connectivity index (χ2n) is 5.43. The van der Waals surface area contributed by atoms with Gasteiger partial charge in [0.1, 0.15) is 5.75 Å². The van der Waals surface area contributed by atoms with Crippen LogP contribution in [0.1, 0.15) is 24.8 Å². The third kappa shape index (κ3) is 4.64. The second kappa shape index (κ2) is 7.71. The average molecular weight is 308 g/mol. The van der Waals surface area contributed by atoms with E-state index >= 15 is 0 Å². The largest absolute Gasteiger partial charge is 0.497 e. The fraction of sp³-hybridized carbons (Fsp3) is 0.562. The van der Waals surface area contributed by atoms with Gasteiger partial charge in [-0.15, -0.1) is 0 Å². The number of amides is 1. The van der Waals surface area contributed by atoms with Crippen molar-refractivity contribution in [2.45, 2.75) is 37.9 Å². The van der Waals surface area contributed by atoms with Gasteiger partial charge >= 0.3 is 0 Å². The lowest BCUT2D eigenvalue weighted by molar-refractivity contribution is -0.133. The zero-order valence-corrected chi connectivity index (χ0v) is 13.6. The monoisotopic (exact) mass is 308 g/mol. The smallest absolute Gasteiger partial charge is 0.240 e. The molecular formula is C16H24N2O2S. The summed E-state index contributed by atoms with van der Waals surface area (Å²) in [5, 5.41) is 0. The van der Waals surface area contributed by atoms with Crippen LogP contribution in [0.2, 0.25) is 0 Å². The molecule has 0 unspecified atom stereocenters. The van der Waals surface area contributed by atoms with Gasteiger partial charge in [-0.2, -0.15) is 11.8 Å². The summed E-state index contributed by atoms with van der Waals surface area (Å²) in [7, 11) is 1.65. The Hall–Kier alpha value is -1.20. The van der Waals surface area contributed by atoms with Crippen LogP contribution >= 0.6 is 11.8 Å². The number of hydrogen-bond acceptors (Lipinski definition) is 4. The molecule has 0 spiro atoms. The van der Waals surface area contributed by atoms with Crippen molar-refractivity contribution >= 4 is 17.7 Å².